The third-order valence-electron chi connectivity index (χ3n) is 1.70. The van der Waals surface area contributed by atoms with Crippen LogP contribution < -0.4 is 0 Å². The minimum absolute atomic E-state index is 1.03. The first-order chi connectivity index (χ1) is 5.67. The van der Waals surface area contributed by atoms with Crippen LogP contribution in [0.15, 0.2) is 48.1 Å². The van der Waals surface area contributed by atoms with Gasteiger partial charge in [0, 0.05) is 0 Å². The highest BCUT2D eigenvalue weighted by Gasteiger charge is 1.97. The maximum atomic E-state index is 3.79. The van der Waals surface area contributed by atoms with E-state index in [9.17, 15) is 0 Å². The van der Waals surface area contributed by atoms with Crippen molar-refractivity contribution >= 4 is 0 Å². The summed E-state index contributed by atoms with van der Waals surface area (Å²) in [6, 6.07) is 0. The Morgan fingerprint density at radius 1 is 1.17 bits per heavy atom. The Labute approximate surface area is 76.0 Å². The largest absolute Gasteiger partial charge is 0.0985 e. The van der Waals surface area contributed by atoms with Gasteiger partial charge < -0.3 is 0 Å². The Hall–Kier alpha value is -1.04. The molecule has 0 heteroatoms. The summed E-state index contributed by atoms with van der Waals surface area (Å²) in [5.74, 6) is 0. The summed E-state index contributed by atoms with van der Waals surface area (Å²) in [6.07, 6.45) is 6.97. The Bertz CT molecular complexity index is 222. The molecule has 0 rings (SSSR count). The van der Waals surface area contributed by atoms with E-state index in [1.165, 1.54) is 16.7 Å². The van der Waals surface area contributed by atoms with Crippen molar-refractivity contribution in [3.05, 3.63) is 48.1 Å². The van der Waals surface area contributed by atoms with E-state index >= 15 is 0 Å². The van der Waals surface area contributed by atoms with Crippen LogP contribution in [0.2, 0.25) is 0 Å². The standard InChI is InChI=1S/C12H18/c1-6-9-11(7-2)12(8-3)10(4)5/h7-9H,2-3,6H2,1,4-5H3/b11-9-. The van der Waals surface area contributed by atoms with Gasteiger partial charge in [-0.05, 0) is 31.4 Å². The SMILES string of the molecule is C=CC(=C(C)C)/C(C=C)=C\CC. The zero-order valence-electron chi connectivity index (χ0n) is 8.35. The summed E-state index contributed by atoms with van der Waals surface area (Å²) in [5.41, 5.74) is 3.67. The van der Waals surface area contributed by atoms with Crippen LogP contribution in [0.4, 0.5) is 0 Å². The van der Waals surface area contributed by atoms with Gasteiger partial charge in [0.1, 0.15) is 0 Å². The lowest BCUT2D eigenvalue weighted by molar-refractivity contribution is 1.19. The van der Waals surface area contributed by atoms with Crippen LogP contribution in [0.25, 0.3) is 0 Å². The third kappa shape index (κ3) is 2.91. The minimum Gasteiger partial charge on any atom is -0.0985 e. The fourth-order valence-corrected chi connectivity index (χ4v) is 1.13. The van der Waals surface area contributed by atoms with Crippen molar-refractivity contribution in [1.82, 2.24) is 0 Å². The summed E-state index contributed by atoms with van der Waals surface area (Å²) in [4.78, 5) is 0. The molecule has 12 heavy (non-hydrogen) atoms. The average Bonchev–Trinajstić information content (AvgIpc) is 2.03. The molecular formula is C12H18. The van der Waals surface area contributed by atoms with Crippen LogP contribution in [-0.4, -0.2) is 0 Å². The fraction of sp³-hybridized carbons (Fsp3) is 0.333. The van der Waals surface area contributed by atoms with Crippen LogP contribution in [0, 0.1) is 0 Å². The van der Waals surface area contributed by atoms with E-state index in [0.717, 1.165) is 6.42 Å². The zero-order chi connectivity index (χ0) is 9.56. The van der Waals surface area contributed by atoms with Gasteiger partial charge in [-0.1, -0.05) is 43.9 Å². The van der Waals surface area contributed by atoms with Gasteiger partial charge in [-0.15, -0.1) is 0 Å². The number of allylic oxidation sites excluding steroid dienone is 6. The highest BCUT2D eigenvalue weighted by molar-refractivity contribution is 5.47. The number of hydrogen-bond donors (Lipinski definition) is 0. The van der Waals surface area contributed by atoms with Gasteiger partial charge in [0.25, 0.3) is 0 Å². The van der Waals surface area contributed by atoms with E-state index in [1.54, 1.807) is 0 Å². The molecule has 0 fully saturated rings. The summed E-state index contributed by atoms with van der Waals surface area (Å²) >= 11 is 0. The zero-order valence-corrected chi connectivity index (χ0v) is 8.35. The lowest BCUT2D eigenvalue weighted by atomic mass is 10.0. The molecule has 0 saturated heterocycles. The molecule has 0 N–H and O–H groups in total. The normalized spacial score (nSPS) is 10.8. The second-order valence-corrected chi connectivity index (χ2v) is 2.89. The molecule has 0 saturated carbocycles. The highest BCUT2D eigenvalue weighted by atomic mass is 14.0. The molecule has 0 amide bonds. The lowest BCUT2D eigenvalue weighted by Crippen LogP contribution is -1.85. The van der Waals surface area contributed by atoms with Gasteiger partial charge in [-0.25, -0.2) is 0 Å². The predicted molar refractivity (Wildman–Crippen MR) is 57.1 cm³/mol. The van der Waals surface area contributed by atoms with Crippen molar-refractivity contribution in [2.75, 3.05) is 0 Å². The molecule has 0 atom stereocenters. The Balaban J connectivity index is 4.95. The first-order valence-corrected chi connectivity index (χ1v) is 4.30. The summed E-state index contributed by atoms with van der Waals surface area (Å²) in [7, 11) is 0. The van der Waals surface area contributed by atoms with E-state index < -0.39 is 0 Å². The maximum Gasteiger partial charge on any atom is -0.0207 e. The van der Waals surface area contributed by atoms with Gasteiger partial charge in [-0.3, -0.25) is 0 Å². The molecule has 0 unspecified atom stereocenters. The van der Waals surface area contributed by atoms with E-state index in [1.807, 2.05) is 12.2 Å². The van der Waals surface area contributed by atoms with Gasteiger partial charge in [0.2, 0.25) is 0 Å². The molecule has 0 aliphatic carbocycles. The molecule has 0 bridgehead atoms. The minimum atomic E-state index is 1.03. The Morgan fingerprint density at radius 2 is 1.75 bits per heavy atom. The van der Waals surface area contributed by atoms with Crippen LogP contribution >= 0.6 is 0 Å². The van der Waals surface area contributed by atoms with Crippen molar-refractivity contribution in [2.45, 2.75) is 27.2 Å². The third-order valence-corrected chi connectivity index (χ3v) is 1.70. The van der Waals surface area contributed by atoms with Crippen LogP contribution in [0.3, 0.4) is 0 Å². The molecular weight excluding hydrogens is 144 g/mol. The van der Waals surface area contributed by atoms with Crippen molar-refractivity contribution in [1.29, 1.82) is 0 Å². The van der Waals surface area contributed by atoms with Crippen molar-refractivity contribution in [2.24, 2.45) is 0 Å². The van der Waals surface area contributed by atoms with Gasteiger partial charge in [-0.2, -0.15) is 0 Å². The lowest BCUT2D eigenvalue weighted by Gasteiger charge is -2.05. The number of hydrogen-bond acceptors (Lipinski definition) is 0. The molecule has 0 aromatic rings. The molecule has 66 valence electrons. The van der Waals surface area contributed by atoms with Gasteiger partial charge in [0.05, 0.1) is 0 Å². The Morgan fingerprint density at radius 3 is 2.00 bits per heavy atom. The van der Waals surface area contributed by atoms with E-state index in [-0.39, 0.29) is 0 Å². The molecule has 0 spiro atoms. The first-order valence-electron chi connectivity index (χ1n) is 4.30. The second-order valence-electron chi connectivity index (χ2n) is 2.89. The van der Waals surface area contributed by atoms with E-state index in [0.29, 0.717) is 0 Å². The highest BCUT2D eigenvalue weighted by Crippen LogP contribution is 2.17. The monoisotopic (exact) mass is 162 g/mol. The van der Waals surface area contributed by atoms with E-state index in [4.69, 9.17) is 0 Å². The van der Waals surface area contributed by atoms with Crippen molar-refractivity contribution in [3.63, 3.8) is 0 Å². The summed E-state index contributed by atoms with van der Waals surface area (Å²) in [5, 5.41) is 0. The topological polar surface area (TPSA) is 0 Å². The van der Waals surface area contributed by atoms with Crippen LogP contribution in [0.1, 0.15) is 27.2 Å². The van der Waals surface area contributed by atoms with E-state index in [2.05, 4.69) is 40.0 Å². The Kier molecular flexibility index (Phi) is 5.11. The van der Waals surface area contributed by atoms with Crippen LogP contribution in [0.5, 0.6) is 0 Å². The quantitative estimate of drug-likeness (QED) is 0.547. The molecule has 0 heterocycles. The molecule has 0 aromatic carbocycles. The maximum absolute atomic E-state index is 3.79. The van der Waals surface area contributed by atoms with Crippen LogP contribution in [-0.2, 0) is 0 Å². The molecule has 0 radical (unpaired) electrons. The molecule has 0 aromatic heterocycles. The average molecular weight is 162 g/mol. The predicted octanol–water partition coefficient (Wildman–Crippen LogP) is 4.03. The molecule has 0 aliphatic rings. The first kappa shape index (κ1) is 11.0. The van der Waals surface area contributed by atoms with Gasteiger partial charge in [0.15, 0.2) is 0 Å². The van der Waals surface area contributed by atoms with Gasteiger partial charge >= 0.3 is 0 Å². The summed E-state index contributed by atoms with van der Waals surface area (Å²) in [6.45, 7) is 13.9. The van der Waals surface area contributed by atoms with Crippen molar-refractivity contribution in [3.8, 4) is 0 Å². The molecule has 0 nitrogen and oxygen atoms in total. The summed E-state index contributed by atoms with van der Waals surface area (Å²) < 4.78 is 0. The molecule has 0 aliphatic heterocycles. The fourth-order valence-electron chi connectivity index (χ4n) is 1.13. The van der Waals surface area contributed by atoms with Crippen molar-refractivity contribution < 1.29 is 0 Å². The second kappa shape index (κ2) is 5.59. The smallest absolute Gasteiger partial charge is 0.0207 e. The number of rotatable bonds is 4.